The molecule has 0 saturated carbocycles. The van der Waals surface area contributed by atoms with Gasteiger partial charge in [0.2, 0.25) is 5.95 Å². The number of para-hydroxylation sites is 2. The number of ether oxygens (including phenoxy) is 1. The van der Waals surface area contributed by atoms with Crippen LogP contribution in [-0.2, 0) is 4.74 Å². The number of aliphatic hydroxyl groups is 1. The molecule has 1 fully saturated rings. The Kier molecular flexibility index (Phi) is 2.49. The maximum absolute atomic E-state index is 9.64. The van der Waals surface area contributed by atoms with Crippen LogP contribution in [0.1, 0.15) is 12.5 Å². The SMILES string of the molecule is Nc1nc2ccccc2n1[C@H]1COC[C@H](O)C1. The van der Waals surface area contributed by atoms with Crippen LogP contribution in [0.25, 0.3) is 11.0 Å². The van der Waals surface area contributed by atoms with Gasteiger partial charge in [0.1, 0.15) is 0 Å². The Morgan fingerprint density at radius 1 is 1.35 bits per heavy atom. The standard InChI is InChI=1S/C12H15N3O2/c13-12-14-10-3-1-2-4-11(10)15(12)8-5-9(16)7-17-6-8/h1-4,8-9,16H,5-7H2,(H2,13,14)/t8-,9-/m1/s1. The highest BCUT2D eigenvalue weighted by Gasteiger charge is 2.25. The smallest absolute Gasteiger partial charge is 0.201 e. The fraction of sp³-hybridized carbons (Fsp3) is 0.417. The lowest BCUT2D eigenvalue weighted by atomic mass is 10.1. The van der Waals surface area contributed by atoms with Gasteiger partial charge < -0.3 is 20.1 Å². The van der Waals surface area contributed by atoms with Crippen molar-refractivity contribution in [1.29, 1.82) is 0 Å². The predicted octanol–water partition coefficient (Wildman–Crippen LogP) is 0.941. The molecule has 17 heavy (non-hydrogen) atoms. The molecule has 1 aliphatic heterocycles. The van der Waals surface area contributed by atoms with Crippen molar-refractivity contribution in [3.05, 3.63) is 24.3 Å². The van der Waals surface area contributed by atoms with Crippen LogP contribution in [0.15, 0.2) is 24.3 Å². The number of anilines is 1. The Morgan fingerprint density at radius 3 is 3.00 bits per heavy atom. The molecule has 2 atom stereocenters. The maximum atomic E-state index is 9.64. The predicted molar refractivity (Wildman–Crippen MR) is 64.6 cm³/mol. The molecule has 3 N–H and O–H groups in total. The molecule has 3 rings (SSSR count). The average Bonchev–Trinajstić information content (AvgIpc) is 2.64. The zero-order valence-electron chi connectivity index (χ0n) is 9.41. The quantitative estimate of drug-likeness (QED) is 0.768. The summed E-state index contributed by atoms with van der Waals surface area (Å²) in [5.41, 5.74) is 7.82. The van der Waals surface area contributed by atoms with E-state index in [-0.39, 0.29) is 6.04 Å². The van der Waals surface area contributed by atoms with Crippen molar-refractivity contribution >= 4 is 17.0 Å². The molecule has 0 unspecified atom stereocenters. The van der Waals surface area contributed by atoms with Crippen molar-refractivity contribution in [2.75, 3.05) is 18.9 Å². The van der Waals surface area contributed by atoms with Crippen LogP contribution in [0, 0.1) is 0 Å². The first-order valence-corrected chi connectivity index (χ1v) is 5.74. The lowest BCUT2D eigenvalue weighted by molar-refractivity contribution is -0.0304. The van der Waals surface area contributed by atoms with E-state index in [2.05, 4.69) is 4.98 Å². The van der Waals surface area contributed by atoms with Gasteiger partial charge in [-0.2, -0.15) is 0 Å². The van der Waals surface area contributed by atoms with Crippen LogP contribution >= 0.6 is 0 Å². The van der Waals surface area contributed by atoms with Gasteiger partial charge in [-0.1, -0.05) is 12.1 Å². The van der Waals surface area contributed by atoms with Crippen molar-refractivity contribution in [3.63, 3.8) is 0 Å². The number of rotatable bonds is 1. The van der Waals surface area contributed by atoms with Gasteiger partial charge in [-0.15, -0.1) is 0 Å². The third-order valence-corrected chi connectivity index (χ3v) is 3.15. The van der Waals surface area contributed by atoms with E-state index in [4.69, 9.17) is 10.5 Å². The minimum absolute atomic E-state index is 0.0612. The van der Waals surface area contributed by atoms with Crippen LogP contribution in [0.5, 0.6) is 0 Å². The normalized spacial score (nSPS) is 25.2. The summed E-state index contributed by atoms with van der Waals surface area (Å²) in [6.07, 6.45) is 0.235. The van der Waals surface area contributed by atoms with E-state index in [1.54, 1.807) is 0 Å². The minimum atomic E-state index is -0.422. The zero-order valence-corrected chi connectivity index (χ0v) is 9.41. The van der Waals surface area contributed by atoms with Crippen molar-refractivity contribution in [3.8, 4) is 0 Å². The third kappa shape index (κ3) is 1.77. The lowest BCUT2D eigenvalue weighted by Gasteiger charge is -2.28. The summed E-state index contributed by atoms with van der Waals surface area (Å²) in [4.78, 5) is 4.32. The zero-order chi connectivity index (χ0) is 11.8. The van der Waals surface area contributed by atoms with Gasteiger partial charge in [-0.25, -0.2) is 4.98 Å². The van der Waals surface area contributed by atoms with E-state index in [0.29, 0.717) is 25.6 Å². The molecule has 0 bridgehead atoms. The second-order valence-corrected chi connectivity index (χ2v) is 4.41. The molecule has 1 saturated heterocycles. The number of nitrogen functional groups attached to an aromatic ring is 1. The van der Waals surface area contributed by atoms with E-state index < -0.39 is 6.10 Å². The van der Waals surface area contributed by atoms with E-state index in [9.17, 15) is 5.11 Å². The van der Waals surface area contributed by atoms with Crippen molar-refractivity contribution in [2.24, 2.45) is 0 Å². The van der Waals surface area contributed by atoms with Gasteiger partial charge in [-0.3, -0.25) is 0 Å². The number of benzene rings is 1. The summed E-state index contributed by atoms with van der Waals surface area (Å²) in [6, 6.07) is 7.87. The van der Waals surface area contributed by atoms with Gasteiger partial charge in [0.15, 0.2) is 0 Å². The van der Waals surface area contributed by atoms with Crippen LogP contribution in [0.3, 0.4) is 0 Å². The van der Waals surface area contributed by atoms with Gasteiger partial charge in [0, 0.05) is 0 Å². The topological polar surface area (TPSA) is 73.3 Å². The van der Waals surface area contributed by atoms with Crippen molar-refractivity contribution in [2.45, 2.75) is 18.6 Å². The molecule has 1 aromatic heterocycles. The van der Waals surface area contributed by atoms with Crippen molar-refractivity contribution in [1.82, 2.24) is 9.55 Å². The summed E-state index contributed by atoms with van der Waals surface area (Å²) in [6.45, 7) is 0.977. The first-order valence-electron chi connectivity index (χ1n) is 5.74. The average molecular weight is 233 g/mol. The van der Waals surface area contributed by atoms with Gasteiger partial charge in [0.25, 0.3) is 0 Å². The Labute approximate surface area is 98.8 Å². The van der Waals surface area contributed by atoms with Crippen LogP contribution < -0.4 is 5.73 Å². The van der Waals surface area contributed by atoms with Crippen molar-refractivity contribution < 1.29 is 9.84 Å². The monoisotopic (exact) mass is 233 g/mol. The van der Waals surface area contributed by atoms with E-state index >= 15 is 0 Å². The largest absolute Gasteiger partial charge is 0.391 e. The molecule has 0 aliphatic carbocycles. The summed E-state index contributed by atoms with van der Waals surface area (Å²) in [7, 11) is 0. The molecule has 1 aliphatic rings. The first-order chi connectivity index (χ1) is 8.25. The Balaban J connectivity index is 2.06. The Morgan fingerprint density at radius 2 is 2.18 bits per heavy atom. The molecule has 5 nitrogen and oxygen atoms in total. The van der Waals surface area contributed by atoms with Gasteiger partial charge in [0.05, 0.1) is 36.4 Å². The number of aromatic nitrogens is 2. The highest BCUT2D eigenvalue weighted by Crippen LogP contribution is 2.27. The van der Waals surface area contributed by atoms with E-state index in [1.807, 2.05) is 28.8 Å². The number of nitrogens with two attached hydrogens (primary N) is 1. The molecule has 90 valence electrons. The highest BCUT2D eigenvalue weighted by molar-refractivity contribution is 5.78. The molecule has 1 aromatic carbocycles. The molecule has 5 heteroatoms. The second-order valence-electron chi connectivity index (χ2n) is 4.41. The third-order valence-electron chi connectivity index (χ3n) is 3.15. The Hall–Kier alpha value is -1.59. The first kappa shape index (κ1) is 10.6. The summed E-state index contributed by atoms with van der Waals surface area (Å²) in [5, 5.41) is 9.64. The van der Waals surface area contributed by atoms with Crippen LogP contribution in [0.4, 0.5) is 5.95 Å². The minimum Gasteiger partial charge on any atom is -0.391 e. The van der Waals surface area contributed by atoms with Gasteiger partial charge in [-0.05, 0) is 18.6 Å². The molecule has 2 heterocycles. The maximum Gasteiger partial charge on any atom is 0.201 e. The fourth-order valence-corrected chi connectivity index (χ4v) is 2.42. The molecular formula is C12H15N3O2. The number of fused-ring (bicyclic) bond motifs is 1. The summed E-state index contributed by atoms with van der Waals surface area (Å²) >= 11 is 0. The lowest BCUT2D eigenvalue weighted by Crippen LogP contribution is -2.31. The van der Waals surface area contributed by atoms with E-state index in [0.717, 1.165) is 11.0 Å². The molecule has 0 spiro atoms. The molecule has 0 amide bonds. The fourth-order valence-electron chi connectivity index (χ4n) is 2.42. The summed E-state index contributed by atoms with van der Waals surface area (Å²) in [5.74, 6) is 0.480. The highest BCUT2D eigenvalue weighted by atomic mass is 16.5. The number of hydrogen-bond donors (Lipinski definition) is 2. The number of nitrogens with zero attached hydrogens (tertiary/aromatic N) is 2. The number of imidazole rings is 1. The molecule has 2 aromatic rings. The molecular weight excluding hydrogens is 218 g/mol. The second kappa shape index (κ2) is 4.01. The van der Waals surface area contributed by atoms with Crippen LogP contribution in [-0.4, -0.2) is 34.0 Å². The number of aliphatic hydroxyl groups excluding tert-OH is 1. The van der Waals surface area contributed by atoms with Crippen LogP contribution in [0.2, 0.25) is 0 Å². The number of hydrogen-bond acceptors (Lipinski definition) is 4. The van der Waals surface area contributed by atoms with E-state index in [1.165, 1.54) is 0 Å². The summed E-state index contributed by atoms with van der Waals surface area (Å²) < 4.78 is 7.32. The molecule has 0 radical (unpaired) electrons. The Bertz CT molecular complexity index is 538. The van der Waals surface area contributed by atoms with Gasteiger partial charge >= 0.3 is 0 Å².